The quantitative estimate of drug-likeness (QED) is 0.905. The van der Waals surface area contributed by atoms with Crippen molar-refractivity contribution < 1.29 is 9.13 Å². The molecule has 0 bridgehead atoms. The minimum atomic E-state index is -0.314. The number of ether oxygens (including phenoxy) is 1. The fourth-order valence-corrected chi connectivity index (χ4v) is 4.50. The fraction of sp³-hybridized carbons (Fsp3) is 0.643. The highest BCUT2D eigenvalue weighted by molar-refractivity contribution is 7.99. The number of pyridine rings is 1. The highest BCUT2D eigenvalue weighted by atomic mass is 32.2. The van der Waals surface area contributed by atoms with Crippen LogP contribution in [0.3, 0.4) is 0 Å². The maximum absolute atomic E-state index is 13.2. The van der Waals surface area contributed by atoms with Gasteiger partial charge >= 0.3 is 0 Å². The van der Waals surface area contributed by atoms with Crippen LogP contribution in [0.5, 0.6) is 0 Å². The van der Waals surface area contributed by atoms with Crippen LogP contribution < -0.4 is 5.73 Å². The monoisotopic (exact) mass is 282 g/mol. The van der Waals surface area contributed by atoms with E-state index in [9.17, 15) is 4.39 Å². The number of hydrogen-bond acceptors (Lipinski definition) is 4. The summed E-state index contributed by atoms with van der Waals surface area (Å²) in [6.45, 7) is 0.766. The molecule has 5 heteroatoms. The molecule has 0 aromatic carbocycles. The predicted octanol–water partition coefficient (Wildman–Crippen LogP) is 2.52. The summed E-state index contributed by atoms with van der Waals surface area (Å²) >= 11 is 1.95. The molecule has 3 nitrogen and oxygen atoms in total. The van der Waals surface area contributed by atoms with Crippen molar-refractivity contribution in [1.29, 1.82) is 0 Å². The Morgan fingerprint density at radius 2 is 2.42 bits per heavy atom. The van der Waals surface area contributed by atoms with Crippen LogP contribution in [-0.2, 0) is 4.74 Å². The zero-order valence-electron chi connectivity index (χ0n) is 10.8. The molecule has 3 heterocycles. The fourth-order valence-electron chi connectivity index (χ4n) is 3.12. The molecular formula is C14H19FN2OS. The van der Waals surface area contributed by atoms with Crippen LogP contribution in [0, 0.1) is 11.7 Å². The molecule has 19 heavy (non-hydrogen) atoms. The summed E-state index contributed by atoms with van der Waals surface area (Å²) in [7, 11) is 0. The summed E-state index contributed by atoms with van der Waals surface area (Å²) in [5, 5.41) is 0. The van der Waals surface area contributed by atoms with Gasteiger partial charge in [-0.25, -0.2) is 4.39 Å². The molecule has 1 aromatic rings. The summed E-state index contributed by atoms with van der Waals surface area (Å²) in [5.74, 6) is 2.28. The second-order valence-electron chi connectivity index (χ2n) is 5.55. The number of rotatable bonds is 2. The van der Waals surface area contributed by atoms with Crippen LogP contribution in [0.25, 0.3) is 0 Å². The number of halogens is 1. The Labute approximate surface area is 117 Å². The first-order valence-corrected chi connectivity index (χ1v) is 7.92. The highest BCUT2D eigenvalue weighted by Gasteiger charge is 2.42. The van der Waals surface area contributed by atoms with Crippen LogP contribution >= 0.6 is 11.8 Å². The Hall–Kier alpha value is -0.650. The predicted molar refractivity (Wildman–Crippen MR) is 74.5 cm³/mol. The van der Waals surface area contributed by atoms with Gasteiger partial charge in [-0.2, -0.15) is 11.8 Å². The Kier molecular flexibility index (Phi) is 3.78. The SMILES string of the molecule is NC(c1cncc(F)c1)C1CCOC2(CCSC2)C1. The van der Waals surface area contributed by atoms with Gasteiger partial charge in [0, 0.05) is 24.6 Å². The average Bonchev–Trinajstić information content (AvgIpc) is 2.86. The van der Waals surface area contributed by atoms with Gasteiger partial charge in [0.25, 0.3) is 0 Å². The smallest absolute Gasteiger partial charge is 0.141 e. The zero-order valence-corrected chi connectivity index (χ0v) is 11.7. The maximum Gasteiger partial charge on any atom is 0.141 e. The normalized spacial score (nSPS) is 32.6. The van der Waals surface area contributed by atoms with Gasteiger partial charge in [-0.3, -0.25) is 4.98 Å². The van der Waals surface area contributed by atoms with E-state index in [4.69, 9.17) is 10.5 Å². The van der Waals surface area contributed by atoms with Gasteiger partial charge in [-0.1, -0.05) is 0 Å². The molecule has 2 aliphatic heterocycles. The third-order valence-corrected chi connectivity index (χ3v) is 5.44. The topological polar surface area (TPSA) is 48.1 Å². The van der Waals surface area contributed by atoms with Gasteiger partial charge < -0.3 is 10.5 Å². The van der Waals surface area contributed by atoms with E-state index in [-0.39, 0.29) is 17.5 Å². The molecule has 104 valence electrons. The third kappa shape index (κ3) is 2.78. The van der Waals surface area contributed by atoms with E-state index < -0.39 is 0 Å². The van der Waals surface area contributed by atoms with Crippen LogP contribution in [0.4, 0.5) is 4.39 Å². The second-order valence-corrected chi connectivity index (χ2v) is 6.65. The van der Waals surface area contributed by atoms with Gasteiger partial charge in [0.15, 0.2) is 0 Å². The molecule has 3 rings (SSSR count). The first-order chi connectivity index (χ1) is 9.19. The summed E-state index contributed by atoms with van der Waals surface area (Å²) in [4.78, 5) is 3.90. The molecule has 1 spiro atoms. The Bertz CT molecular complexity index is 451. The molecule has 0 radical (unpaired) electrons. The van der Waals surface area contributed by atoms with Crippen LogP contribution in [0.15, 0.2) is 18.5 Å². The van der Waals surface area contributed by atoms with Crippen molar-refractivity contribution in [3.8, 4) is 0 Å². The van der Waals surface area contributed by atoms with E-state index in [1.54, 1.807) is 6.20 Å². The largest absolute Gasteiger partial charge is 0.374 e. The number of nitrogens with zero attached hydrogens (tertiary/aromatic N) is 1. The molecular weight excluding hydrogens is 263 g/mol. The molecule has 2 fully saturated rings. The lowest BCUT2D eigenvalue weighted by molar-refractivity contribution is -0.0834. The molecule has 0 aliphatic carbocycles. The van der Waals surface area contributed by atoms with Crippen molar-refractivity contribution in [3.63, 3.8) is 0 Å². The first-order valence-electron chi connectivity index (χ1n) is 6.76. The van der Waals surface area contributed by atoms with Crippen molar-refractivity contribution >= 4 is 11.8 Å². The van der Waals surface area contributed by atoms with Crippen molar-refractivity contribution in [3.05, 3.63) is 29.8 Å². The van der Waals surface area contributed by atoms with Crippen molar-refractivity contribution in [2.75, 3.05) is 18.1 Å². The minimum absolute atomic E-state index is 0.0198. The summed E-state index contributed by atoms with van der Waals surface area (Å²) < 4.78 is 19.2. The van der Waals surface area contributed by atoms with Crippen LogP contribution in [-0.4, -0.2) is 28.7 Å². The highest BCUT2D eigenvalue weighted by Crippen LogP contribution is 2.43. The molecule has 0 saturated carbocycles. The third-order valence-electron chi connectivity index (χ3n) is 4.22. The minimum Gasteiger partial charge on any atom is -0.374 e. The van der Waals surface area contributed by atoms with E-state index in [1.165, 1.54) is 18.0 Å². The van der Waals surface area contributed by atoms with Crippen LogP contribution in [0.1, 0.15) is 30.9 Å². The van der Waals surface area contributed by atoms with E-state index in [0.29, 0.717) is 5.92 Å². The summed E-state index contributed by atoms with van der Waals surface area (Å²) in [6, 6.07) is 1.36. The molecule has 3 atom stereocenters. The van der Waals surface area contributed by atoms with E-state index in [2.05, 4.69) is 4.98 Å². The summed E-state index contributed by atoms with van der Waals surface area (Å²) in [5.41, 5.74) is 7.14. The number of hydrogen-bond donors (Lipinski definition) is 1. The van der Waals surface area contributed by atoms with E-state index in [0.717, 1.165) is 37.2 Å². The lowest BCUT2D eigenvalue weighted by atomic mass is 9.80. The molecule has 1 aromatic heterocycles. The Morgan fingerprint density at radius 3 is 3.16 bits per heavy atom. The lowest BCUT2D eigenvalue weighted by Gasteiger charge is -2.40. The van der Waals surface area contributed by atoms with E-state index >= 15 is 0 Å². The molecule has 2 saturated heterocycles. The van der Waals surface area contributed by atoms with Gasteiger partial charge in [-0.05, 0) is 42.6 Å². The Balaban J connectivity index is 1.74. The van der Waals surface area contributed by atoms with Crippen molar-refractivity contribution in [2.45, 2.75) is 30.9 Å². The second kappa shape index (κ2) is 5.38. The van der Waals surface area contributed by atoms with Crippen molar-refractivity contribution in [2.24, 2.45) is 11.7 Å². The average molecular weight is 282 g/mol. The zero-order chi connectivity index (χ0) is 13.3. The van der Waals surface area contributed by atoms with Gasteiger partial charge in [0.1, 0.15) is 5.82 Å². The molecule has 2 N–H and O–H groups in total. The lowest BCUT2D eigenvalue weighted by Crippen LogP contribution is -2.42. The van der Waals surface area contributed by atoms with Crippen LogP contribution in [0.2, 0.25) is 0 Å². The Morgan fingerprint density at radius 1 is 1.53 bits per heavy atom. The maximum atomic E-state index is 13.2. The number of thioether (sulfide) groups is 1. The number of nitrogens with two attached hydrogens (primary N) is 1. The first kappa shape index (κ1) is 13.3. The molecule has 0 amide bonds. The summed E-state index contributed by atoms with van der Waals surface area (Å²) in [6.07, 6.45) is 5.94. The molecule has 3 unspecified atom stereocenters. The molecule has 2 aliphatic rings. The standard InChI is InChI=1S/C14H19FN2OS/c15-12-5-11(7-17-8-12)13(16)10-1-3-18-14(6-10)2-4-19-9-14/h5,7-8,10,13H,1-4,6,9,16H2. The number of aromatic nitrogens is 1. The van der Waals surface area contributed by atoms with Crippen molar-refractivity contribution in [1.82, 2.24) is 4.98 Å². The van der Waals surface area contributed by atoms with Gasteiger partial charge in [0.05, 0.1) is 11.8 Å². The van der Waals surface area contributed by atoms with E-state index in [1.807, 2.05) is 11.8 Å². The van der Waals surface area contributed by atoms with Gasteiger partial charge in [0.2, 0.25) is 0 Å². The van der Waals surface area contributed by atoms with Gasteiger partial charge in [-0.15, -0.1) is 0 Å².